The summed E-state index contributed by atoms with van der Waals surface area (Å²) in [6.45, 7) is 0.653. The molecule has 122 valence electrons. The summed E-state index contributed by atoms with van der Waals surface area (Å²) in [5, 5.41) is 0. The summed E-state index contributed by atoms with van der Waals surface area (Å²) in [4.78, 5) is 36.8. The second-order valence-electron chi connectivity index (χ2n) is 5.82. The van der Waals surface area contributed by atoms with Gasteiger partial charge < -0.3 is 24.5 Å². The predicted octanol–water partition coefficient (Wildman–Crippen LogP) is -0.754. The van der Waals surface area contributed by atoms with Crippen LogP contribution < -0.4 is 15.6 Å². The lowest BCUT2D eigenvalue weighted by molar-refractivity contribution is -0.134. The lowest BCUT2D eigenvalue weighted by atomic mass is 10.1. The van der Waals surface area contributed by atoms with Crippen LogP contribution in [0.3, 0.4) is 0 Å². The van der Waals surface area contributed by atoms with Gasteiger partial charge in [0.1, 0.15) is 6.17 Å². The van der Waals surface area contributed by atoms with Gasteiger partial charge in [0.15, 0.2) is 5.69 Å². The zero-order valence-electron chi connectivity index (χ0n) is 12.2. The number of ether oxygens (including phenoxy) is 3. The second kappa shape index (κ2) is 4.98. The number of rotatable bonds is 4. The molecule has 23 heavy (non-hydrogen) atoms. The second-order valence-corrected chi connectivity index (χ2v) is 5.82. The number of amides is 1. The van der Waals surface area contributed by atoms with Crippen LogP contribution >= 0.6 is 0 Å². The van der Waals surface area contributed by atoms with Crippen molar-refractivity contribution in [3.8, 4) is 5.75 Å². The molecule has 9 heteroatoms. The van der Waals surface area contributed by atoms with Gasteiger partial charge in [0.2, 0.25) is 18.0 Å². The van der Waals surface area contributed by atoms with Crippen LogP contribution in [0.1, 0.15) is 23.3 Å². The smallest absolute Gasteiger partial charge is 0.295 e. The molecule has 2 aliphatic heterocycles. The van der Waals surface area contributed by atoms with Crippen molar-refractivity contribution in [1.29, 1.82) is 0 Å². The van der Waals surface area contributed by atoms with Gasteiger partial charge in [0.05, 0.1) is 18.8 Å². The standard InChI is InChI=1S/C14H15N3O6/c18-7-21-8-22-12-9(19)1-4-17-11(12)13(20)16-6-14(2-3-14)23-5-10(16)15-17/h1,4,7,10,15H,2-3,5-6,8H2. The van der Waals surface area contributed by atoms with Crippen LogP contribution in [-0.4, -0.2) is 53.7 Å². The van der Waals surface area contributed by atoms with Gasteiger partial charge in [-0.15, -0.1) is 0 Å². The van der Waals surface area contributed by atoms with Crippen molar-refractivity contribution in [2.24, 2.45) is 0 Å². The number of nitrogens with one attached hydrogen (secondary N) is 1. The summed E-state index contributed by atoms with van der Waals surface area (Å²) in [7, 11) is 0. The molecule has 0 radical (unpaired) electrons. The molecule has 0 aromatic carbocycles. The highest BCUT2D eigenvalue weighted by Gasteiger charge is 2.52. The molecule has 1 N–H and O–H groups in total. The number of pyridine rings is 1. The molecule has 1 aromatic rings. The fourth-order valence-electron chi connectivity index (χ4n) is 2.96. The molecule has 2 fully saturated rings. The van der Waals surface area contributed by atoms with Crippen molar-refractivity contribution in [2.45, 2.75) is 24.6 Å². The Labute approximate surface area is 130 Å². The quantitative estimate of drug-likeness (QED) is 0.442. The van der Waals surface area contributed by atoms with E-state index in [1.165, 1.54) is 16.9 Å². The van der Waals surface area contributed by atoms with Crippen LogP contribution in [0.2, 0.25) is 0 Å². The molecule has 1 aromatic heterocycles. The minimum atomic E-state index is -0.450. The molecule has 4 rings (SSSR count). The minimum Gasteiger partial charge on any atom is -0.451 e. The molecule has 3 heterocycles. The number of hydrogen-bond acceptors (Lipinski definition) is 7. The Morgan fingerprint density at radius 3 is 3.00 bits per heavy atom. The average molecular weight is 321 g/mol. The molecular weight excluding hydrogens is 306 g/mol. The van der Waals surface area contributed by atoms with Crippen LogP contribution in [-0.2, 0) is 14.3 Å². The lowest BCUT2D eigenvalue weighted by Crippen LogP contribution is -2.62. The average Bonchev–Trinajstić information content (AvgIpc) is 3.30. The lowest BCUT2D eigenvalue weighted by Gasteiger charge is -2.44. The normalized spacial score (nSPS) is 23.6. The predicted molar refractivity (Wildman–Crippen MR) is 75.4 cm³/mol. The van der Waals surface area contributed by atoms with Gasteiger partial charge in [0.25, 0.3) is 12.4 Å². The van der Waals surface area contributed by atoms with E-state index in [0.29, 0.717) is 13.2 Å². The molecule has 3 aliphatic rings. The van der Waals surface area contributed by atoms with Crippen molar-refractivity contribution < 1.29 is 23.8 Å². The van der Waals surface area contributed by atoms with E-state index in [2.05, 4.69) is 10.2 Å². The third-order valence-electron chi connectivity index (χ3n) is 4.34. The van der Waals surface area contributed by atoms with Gasteiger partial charge in [-0.25, -0.2) is 0 Å². The van der Waals surface area contributed by atoms with E-state index in [0.717, 1.165) is 12.8 Å². The Balaban J connectivity index is 1.69. The van der Waals surface area contributed by atoms with Crippen molar-refractivity contribution in [3.05, 3.63) is 28.2 Å². The van der Waals surface area contributed by atoms with Gasteiger partial charge in [-0.05, 0) is 12.8 Å². The number of aromatic nitrogens is 1. The van der Waals surface area contributed by atoms with Crippen molar-refractivity contribution in [2.75, 3.05) is 25.4 Å². The fraction of sp³-hybridized carbons (Fsp3) is 0.500. The maximum absolute atomic E-state index is 12.9. The van der Waals surface area contributed by atoms with E-state index in [1.807, 2.05) is 0 Å². The van der Waals surface area contributed by atoms with Crippen LogP contribution in [0.4, 0.5) is 0 Å². The molecule has 1 saturated heterocycles. The number of fused-ring (bicyclic) bond motifs is 2. The van der Waals surface area contributed by atoms with Crippen LogP contribution in [0.15, 0.2) is 17.1 Å². The molecule has 1 spiro atoms. The van der Waals surface area contributed by atoms with Crippen molar-refractivity contribution in [3.63, 3.8) is 0 Å². The highest BCUT2D eigenvalue weighted by molar-refractivity contribution is 5.96. The zero-order chi connectivity index (χ0) is 16.0. The van der Waals surface area contributed by atoms with Crippen LogP contribution in [0, 0.1) is 0 Å². The van der Waals surface area contributed by atoms with E-state index in [9.17, 15) is 14.4 Å². The minimum absolute atomic E-state index is 0.0981. The van der Waals surface area contributed by atoms with E-state index >= 15 is 0 Å². The Morgan fingerprint density at radius 1 is 1.43 bits per heavy atom. The Hall–Kier alpha value is -2.55. The number of carbonyl (C=O) groups excluding carboxylic acids is 2. The summed E-state index contributed by atoms with van der Waals surface area (Å²) in [6.07, 6.45) is 3.05. The SMILES string of the molecule is O=COCOc1c2n(ccc1=O)NC1COC3(CC3)CN1C2=O. The van der Waals surface area contributed by atoms with E-state index < -0.39 is 12.2 Å². The van der Waals surface area contributed by atoms with Gasteiger partial charge in [-0.2, -0.15) is 0 Å². The van der Waals surface area contributed by atoms with E-state index in [4.69, 9.17) is 9.47 Å². The molecular formula is C14H15N3O6. The van der Waals surface area contributed by atoms with E-state index in [-0.39, 0.29) is 35.6 Å². The first-order chi connectivity index (χ1) is 11.1. The highest BCUT2D eigenvalue weighted by atomic mass is 16.7. The van der Waals surface area contributed by atoms with Crippen LogP contribution in [0.25, 0.3) is 0 Å². The maximum atomic E-state index is 12.9. The van der Waals surface area contributed by atoms with Gasteiger partial charge in [-0.3, -0.25) is 19.1 Å². The first-order valence-electron chi connectivity index (χ1n) is 7.29. The number of morpholine rings is 1. The number of hydrogen-bond donors (Lipinski definition) is 1. The molecule has 1 aliphatic carbocycles. The van der Waals surface area contributed by atoms with Crippen LogP contribution in [0.5, 0.6) is 5.75 Å². The Morgan fingerprint density at radius 2 is 2.26 bits per heavy atom. The largest absolute Gasteiger partial charge is 0.451 e. The molecule has 9 nitrogen and oxygen atoms in total. The third kappa shape index (κ3) is 2.24. The summed E-state index contributed by atoms with van der Waals surface area (Å²) in [6, 6.07) is 1.28. The summed E-state index contributed by atoms with van der Waals surface area (Å²) < 4.78 is 16.9. The molecule has 1 atom stereocenters. The van der Waals surface area contributed by atoms with Gasteiger partial charge in [0, 0.05) is 12.3 Å². The monoisotopic (exact) mass is 321 g/mol. The number of nitrogens with zero attached hydrogens (tertiary/aromatic N) is 2. The molecule has 1 amide bonds. The maximum Gasteiger partial charge on any atom is 0.295 e. The number of carbonyl (C=O) groups is 2. The Kier molecular flexibility index (Phi) is 3.05. The zero-order valence-corrected chi connectivity index (χ0v) is 12.2. The molecule has 1 saturated carbocycles. The Bertz CT molecular complexity index is 726. The first kappa shape index (κ1) is 14.1. The van der Waals surface area contributed by atoms with Gasteiger partial charge in [-0.1, -0.05) is 0 Å². The fourth-order valence-corrected chi connectivity index (χ4v) is 2.96. The van der Waals surface area contributed by atoms with Gasteiger partial charge >= 0.3 is 0 Å². The topological polar surface area (TPSA) is 99.1 Å². The third-order valence-corrected chi connectivity index (χ3v) is 4.34. The summed E-state index contributed by atoms with van der Waals surface area (Å²) in [5.41, 5.74) is 2.54. The molecule has 0 bridgehead atoms. The summed E-state index contributed by atoms with van der Waals surface area (Å²) in [5.74, 6) is -0.441. The molecule has 1 unspecified atom stereocenters. The first-order valence-corrected chi connectivity index (χ1v) is 7.29. The van der Waals surface area contributed by atoms with E-state index in [1.54, 1.807) is 4.90 Å². The highest BCUT2D eigenvalue weighted by Crippen LogP contribution is 2.43. The van der Waals surface area contributed by atoms with Crippen molar-refractivity contribution >= 4 is 12.4 Å². The summed E-state index contributed by atoms with van der Waals surface area (Å²) >= 11 is 0. The van der Waals surface area contributed by atoms with Crippen molar-refractivity contribution in [1.82, 2.24) is 9.58 Å².